The molecular formula is C12H20ClN3. The van der Waals surface area contributed by atoms with Crippen LogP contribution in [0.4, 0.5) is 0 Å². The van der Waals surface area contributed by atoms with Gasteiger partial charge in [0.15, 0.2) is 0 Å². The number of aryl methyl sites for hydroxylation is 1. The second-order valence-electron chi connectivity index (χ2n) is 4.72. The van der Waals surface area contributed by atoms with Gasteiger partial charge in [0.25, 0.3) is 0 Å². The summed E-state index contributed by atoms with van der Waals surface area (Å²) in [4.78, 5) is 0. The molecule has 2 rings (SSSR count). The van der Waals surface area contributed by atoms with Crippen LogP contribution in [0.25, 0.3) is 0 Å². The first-order valence-corrected chi connectivity index (χ1v) is 6.83. The Kier molecular flexibility index (Phi) is 4.22. The zero-order chi connectivity index (χ0) is 11.4. The quantitative estimate of drug-likeness (QED) is 0.758. The van der Waals surface area contributed by atoms with Crippen LogP contribution in [-0.2, 0) is 6.42 Å². The van der Waals surface area contributed by atoms with Crippen LogP contribution in [0.15, 0.2) is 6.20 Å². The van der Waals surface area contributed by atoms with Gasteiger partial charge in [-0.15, -0.1) is 16.7 Å². The fraction of sp³-hybridized carbons (Fsp3) is 0.833. The molecule has 4 heteroatoms. The van der Waals surface area contributed by atoms with Crippen LogP contribution >= 0.6 is 11.6 Å². The topological polar surface area (TPSA) is 30.7 Å². The van der Waals surface area contributed by atoms with Gasteiger partial charge in [-0.2, -0.15) is 0 Å². The van der Waals surface area contributed by atoms with Crippen molar-refractivity contribution in [2.24, 2.45) is 5.92 Å². The zero-order valence-corrected chi connectivity index (χ0v) is 10.7. The van der Waals surface area contributed by atoms with E-state index < -0.39 is 0 Å². The average Bonchev–Trinajstić information content (AvgIpc) is 2.78. The van der Waals surface area contributed by atoms with Crippen molar-refractivity contribution < 1.29 is 0 Å². The number of halogens is 1. The molecule has 1 aliphatic rings. The number of aromatic nitrogens is 3. The van der Waals surface area contributed by atoms with Crippen LogP contribution in [0, 0.1) is 5.92 Å². The molecule has 1 aliphatic carbocycles. The van der Waals surface area contributed by atoms with Gasteiger partial charge >= 0.3 is 0 Å². The van der Waals surface area contributed by atoms with Gasteiger partial charge in [0.2, 0.25) is 0 Å². The lowest BCUT2D eigenvalue weighted by Crippen LogP contribution is -2.19. The minimum atomic E-state index is 0.565. The molecule has 3 nitrogen and oxygen atoms in total. The van der Waals surface area contributed by atoms with Crippen molar-refractivity contribution >= 4 is 11.6 Å². The van der Waals surface area contributed by atoms with Gasteiger partial charge in [0.1, 0.15) is 0 Å². The van der Waals surface area contributed by atoms with Crippen LogP contribution in [-0.4, -0.2) is 20.9 Å². The highest BCUT2D eigenvalue weighted by Crippen LogP contribution is 2.33. The Morgan fingerprint density at radius 3 is 3.12 bits per heavy atom. The summed E-state index contributed by atoms with van der Waals surface area (Å²) in [5.74, 6) is 1.50. The molecule has 1 aromatic heterocycles. The van der Waals surface area contributed by atoms with E-state index in [1.54, 1.807) is 0 Å². The lowest BCUT2D eigenvalue weighted by atomic mass is 9.84. The second kappa shape index (κ2) is 5.67. The minimum Gasteiger partial charge on any atom is -0.249 e. The SMILES string of the molecule is CCC1CCCC(n2cc(CCCl)nn2)C1. The molecule has 0 spiro atoms. The van der Waals surface area contributed by atoms with E-state index in [9.17, 15) is 0 Å². The van der Waals surface area contributed by atoms with Gasteiger partial charge in [-0.05, 0) is 18.8 Å². The van der Waals surface area contributed by atoms with Gasteiger partial charge in [0.05, 0.1) is 11.7 Å². The largest absolute Gasteiger partial charge is 0.249 e. The molecule has 0 N–H and O–H groups in total. The van der Waals surface area contributed by atoms with E-state index in [0.717, 1.165) is 18.0 Å². The molecule has 2 atom stereocenters. The Morgan fingerprint density at radius 2 is 2.38 bits per heavy atom. The lowest BCUT2D eigenvalue weighted by molar-refractivity contribution is 0.245. The molecule has 0 bridgehead atoms. The third-order valence-electron chi connectivity index (χ3n) is 3.61. The van der Waals surface area contributed by atoms with Crippen molar-refractivity contribution in [1.29, 1.82) is 0 Å². The van der Waals surface area contributed by atoms with E-state index in [0.29, 0.717) is 11.9 Å². The maximum atomic E-state index is 5.70. The minimum absolute atomic E-state index is 0.565. The molecule has 0 aliphatic heterocycles. The summed E-state index contributed by atoms with van der Waals surface area (Å²) in [5.41, 5.74) is 1.02. The van der Waals surface area contributed by atoms with Crippen molar-refractivity contribution in [3.05, 3.63) is 11.9 Å². The number of nitrogens with zero attached hydrogens (tertiary/aromatic N) is 3. The normalized spacial score (nSPS) is 25.9. The van der Waals surface area contributed by atoms with Gasteiger partial charge in [-0.25, -0.2) is 4.68 Å². The van der Waals surface area contributed by atoms with E-state index in [-0.39, 0.29) is 0 Å². The summed E-state index contributed by atoms with van der Waals surface area (Å²) in [6.07, 6.45) is 9.42. The second-order valence-corrected chi connectivity index (χ2v) is 5.10. The monoisotopic (exact) mass is 241 g/mol. The predicted molar refractivity (Wildman–Crippen MR) is 65.7 cm³/mol. The Labute approximate surface area is 102 Å². The Balaban J connectivity index is 1.99. The van der Waals surface area contributed by atoms with Crippen LogP contribution in [0.2, 0.25) is 0 Å². The van der Waals surface area contributed by atoms with E-state index in [2.05, 4.69) is 28.1 Å². The van der Waals surface area contributed by atoms with Crippen molar-refractivity contribution in [2.75, 3.05) is 5.88 Å². The molecule has 0 saturated heterocycles. The molecule has 1 saturated carbocycles. The van der Waals surface area contributed by atoms with Crippen LogP contribution < -0.4 is 0 Å². The standard InChI is InChI=1S/C12H20ClN3/c1-2-10-4-3-5-12(8-10)16-9-11(6-7-13)14-15-16/h9-10,12H,2-8H2,1H3. The molecule has 1 aromatic rings. The van der Waals surface area contributed by atoms with Gasteiger partial charge in [-0.3, -0.25) is 0 Å². The summed E-state index contributed by atoms with van der Waals surface area (Å²) in [5, 5.41) is 8.40. The molecule has 1 heterocycles. The number of rotatable bonds is 4. The summed E-state index contributed by atoms with van der Waals surface area (Å²) in [6, 6.07) is 0.565. The Hall–Kier alpha value is -0.570. The van der Waals surface area contributed by atoms with Gasteiger partial charge in [0, 0.05) is 18.5 Å². The first-order chi connectivity index (χ1) is 7.83. The summed E-state index contributed by atoms with van der Waals surface area (Å²) < 4.78 is 2.06. The summed E-state index contributed by atoms with van der Waals surface area (Å²) in [7, 11) is 0. The molecular weight excluding hydrogens is 222 g/mol. The molecule has 1 fully saturated rings. The zero-order valence-electron chi connectivity index (χ0n) is 9.90. The molecule has 0 amide bonds. The van der Waals surface area contributed by atoms with Crippen molar-refractivity contribution in [1.82, 2.24) is 15.0 Å². The van der Waals surface area contributed by atoms with Crippen LogP contribution in [0.3, 0.4) is 0 Å². The summed E-state index contributed by atoms with van der Waals surface area (Å²) in [6.45, 7) is 2.29. The maximum Gasteiger partial charge on any atom is 0.0839 e. The fourth-order valence-electron chi connectivity index (χ4n) is 2.58. The highest BCUT2D eigenvalue weighted by molar-refractivity contribution is 6.17. The highest BCUT2D eigenvalue weighted by atomic mass is 35.5. The van der Waals surface area contributed by atoms with Crippen LogP contribution in [0.5, 0.6) is 0 Å². The molecule has 16 heavy (non-hydrogen) atoms. The molecule has 2 unspecified atom stereocenters. The Bertz CT molecular complexity index is 324. The molecule has 0 radical (unpaired) electrons. The number of alkyl halides is 1. The first-order valence-electron chi connectivity index (χ1n) is 6.30. The maximum absolute atomic E-state index is 5.70. The molecule has 0 aromatic carbocycles. The smallest absolute Gasteiger partial charge is 0.0839 e. The summed E-state index contributed by atoms with van der Waals surface area (Å²) >= 11 is 5.70. The molecule has 90 valence electrons. The lowest BCUT2D eigenvalue weighted by Gasteiger charge is -2.28. The number of hydrogen-bond acceptors (Lipinski definition) is 2. The highest BCUT2D eigenvalue weighted by Gasteiger charge is 2.22. The van der Waals surface area contributed by atoms with E-state index >= 15 is 0 Å². The first kappa shape index (κ1) is 11.9. The van der Waals surface area contributed by atoms with Crippen LogP contribution in [0.1, 0.15) is 50.8 Å². The average molecular weight is 242 g/mol. The van der Waals surface area contributed by atoms with E-state index in [1.165, 1.54) is 32.1 Å². The van der Waals surface area contributed by atoms with Crippen molar-refractivity contribution in [3.63, 3.8) is 0 Å². The fourth-order valence-corrected chi connectivity index (χ4v) is 2.77. The van der Waals surface area contributed by atoms with Crippen molar-refractivity contribution in [2.45, 2.75) is 51.5 Å². The third-order valence-corrected chi connectivity index (χ3v) is 3.80. The van der Waals surface area contributed by atoms with Gasteiger partial charge in [-0.1, -0.05) is 31.4 Å². The third kappa shape index (κ3) is 2.76. The predicted octanol–water partition coefficient (Wildman–Crippen LogP) is 3.20. The number of hydrogen-bond donors (Lipinski definition) is 0. The van der Waals surface area contributed by atoms with Gasteiger partial charge < -0.3 is 0 Å². The van der Waals surface area contributed by atoms with E-state index in [4.69, 9.17) is 11.6 Å². The van der Waals surface area contributed by atoms with E-state index in [1.807, 2.05) is 0 Å². The van der Waals surface area contributed by atoms with Crippen molar-refractivity contribution in [3.8, 4) is 0 Å². The Morgan fingerprint density at radius 1 is 1.50 bits per heavy atom.